The highest BCUT2D eigenvalue weighted by Gasteiger charge is 2.02. The lowest BCUT2D eigenvalue weighted by atomic mass is 10.2. The van der Waals surface area contributed by atoms with Gasteiger partial charge in [0.25, 0.3) is 0 Å². The SMILES string of the molecule is N#C/C=C/c1ccc(-c2ccc(Br)cc2)o1. The van der Waals surface area contributed by atoms with E-state index in [0.29, 0.717) is 5.76 Å². The van der Waals surface area contributed by atoms with Crippen molar-refractivity contribution in [2.24, 2.45) is 0 Å². The summed E-state index contributed by atoms with van der Waals surface area (Å²) in [5.41, 5.74) is 1.01. The van der Waals surface area contributed by atoms with E-state index >= 15 is 0 Å². The number of rotatable bonds is 2. The Hall–Kier alpha value is -1.79. The number of nitriles is 1. The number of hydrogen-bond acceptors (Lipinski definition) is 2. The van der Waals surface area contributed by atoms with Crippen LogP contribution in [-0.4, -0.2) is 0 Å². The highest BCUT2D eigenvalue weighted by molar-refractivity contribution is 9.10. The van der Waals surface area contributed by atoms with Crippen molar-refractivity contribution in [1.82, 2.24) is 0 Å². The predicted octanol–water partition coefficient (Wildman–Crippen LogP) is 4.25. The lowest BCUT2D eigenvalue weighted by Crippen LogP contribution is -1.72. The number of furan rings is 1. The first-order valence-corrected chi connectivity index (χ1v) is 5.51. The highest BCUT2D eigenvalue weighted by atomic mass is 79.9. The van der Waals surface area contributed by atoms with E-state index in [1.165, 1.54) is 6.08 Å². The third-order valence-electron chi connectivity index (χ3n) is 2.08. The topological polar surface area (TPSA) is 36.9 Å². The molecule has 2 aromatic rings. The molecule has 0 amide bonds. The molecule has 0 radical (unpaired) electrons. The maximum absolute atomic E-state index is 8.40. The summed E-state index contributed by atoms with van der Waals surface area (Å²) in [6.45, 7) is 0. The zero-order valence-electron chi connectivity index (χ0n) is 8.35. The summed E-state index contributed by atoms with van der Waals surface area (Å²) < 4.78 is 6.59. The molecule has 0 bridgehead atoms. The minimum absolute atomic E-state index is 0.680. The van der Waals surface area contributed by atoms with Crippen LogP contribution < -0.4 is 0 Å². The molecule has 0 saturated heterocycles. The number of halogens is 1. The van der Waals surface area contributed by atoms with Gasteiger partial charge in [0.05, 0.1) is 6.07 Å². The number of allylic oxidation sites excluding steroid dienone is 1. The van der Waals surface area contributed by atoms with Crippen LogP contribution in [0.25, 0.3) is 17.4 Å². The van der Waals surface area contributed by atoms with Crippen molar-refractivity contribution in [1.29, 1.82) is 5.26 Å². The summed E-state index contributed by atoms with van der Waals surface area (Å²) in [6.07, 6.45) is 3.03. The van der Waals surface area contributed by atoms with Gasteiger partial charge in [0.1, 0.15) is 11.5 Å². The summed E-state index contributed by atoms with van der Waals surface area (Å²) in [4.78, 5) is 0. The van der Waals surface area contributed by atoms with Gasteiger partial charge in [-0.15, -0.1) is 0 Å². The fraction of sp³-hybridized carbons (Fsp3) is 0. The molecule has 0 aliphatic heterocycles. The van der Waals surface area contributed by atoms with Crippen molar-refractivity contribution in [3.63, 3.8) is 0 Å². The van der Waals surface area contributed by atoms with Gasteiger partial charge in [-0.3, -0.25) is 0 Å². The van der Waals surface area contributed by atoms with E-state index in [-0.39, 0.29) is 0 Å². The monoisotopic (exact) mass is 273 g/mol. The zero-order chi connectivity index (χ0) is 11.4. The average molecular weight is 274 g/mol. The largest absolute Gasteiger partial charge is 0.457 e. The first-order chi connectivity index (χ1) is 7.79. The van der Waals surface area contributed by atoms with Crippen molar-refractivity contribution in [2.75, 3.05) is 0 Å². The van der Waals surface area contributed by atoms with Gasteiger partial charge in [-0.25, -0.2) is 0 Å². The number of benzene rings is 1. The third kappa shape index (κ3) is 2.41. The third-order valence-corrected chi connectivity index (χ3v) is 2.61. The van der Waals surface area contributed by atoms with Crippen LogP contribution in [0.1, 0.15) is 5.76 Å². The second-order valence-electron chi connectivity index (χ2n) is 3.17. The van der Waals surface area contributed by atoms with E-state index in [1.807, 2.05) is 42.5 Å². The van der Waals surface area contributed by atoms with E-state index in [9.17, 15) is 0 Å². The summed E-state index contributed by atoms with van der Waals surface area (Å²) in [5, 5.41) is 8.40. The molecule has 0 aliphatic carbocycles. The minimum atomic E-state index is 0.680. The molecule has 1 heterocycles. The molecular weight excluding hydrogens is 266 g/mol. The van der Waals surface area contributed by atoms with Crippen molar-refractivity contribution in [3.8, 4) is 17.4 Å². The van der Waals surface area contributed by atoms with Crippen molar-refractivity contribution in [3.05, 3.63) is 52.7 Å². The van der Waals surface area contributed by atoms with Gasteiger partial charge < -0.3 is 4.42 Å². The summed E-state index contributed by atoms with van der Waals surface area (Å²) in [5.74, 6) is 1.48. The first kappa shape index (κ1) is 10.7. The second kappa shape index (κ2) is 4.82. The Kier molecular flexibility index (Phi) is 3.23. The minimum Gasteiger partial charge on any atom is -0.457 e. The molecule has 0 N–H and O–H groups in total. The Balaban J connectivity index is 2.28. The average Bonchev–Trinajstić information content (AvgIpc) is 2.76. The fourth-order valence-corrected chi connectivity index (χ4v) is 1.60. The lowest BCUT2D eigenvalue weighted by Gasteiger charge is -1.96. The van der Waals surface area contributed by atoms with E-state index < -0.39 is 0 Å². The molecule has 0 unspecified atom stereocenters. The molecule has 2 rings (SSSR count). The Morgan fingerprint density at radius 2 is 1.88 bits per heavy atom. The van der Waals surface area contributed by atoms with Crippen LogP contribution in [0, 0.1) is 11.3 Å². The van der Waals surface area contributed by atoms with Crippen LogP contribution >= 0.6 is 15.9 Å². The van der Waals surface area contributed by atoms with Crippen LogP contribution in [0.5, 0.6) is 0 Å². The lowest BCUT2D eigenvalue weighted by molar-refractivity contribution is 0.572. The zero-order valence-corrected chi connectivity index (χ0v) is 9.94. The molecule has 16 heavy (non-hydrogen) atoms. The molecule has 0 spiro atoms. The Labute approximate surface area is 102 Å². The summed E-state index contributed by atoms with van der Waals surface area (Å²) in [7, 11) is 0. The predicted molar refractivity (Wildman–Crippen MR) is 66.5 cm³/mol. The molecule has 3 heteroatoms. The molecule has 0 fully saturated rings. The van der Waals surface area contributed by atoms with Gasteiger partial charge in [-0.1, -0.05) is 28.1 Å². The molecule has 78 valence electrons. The maximum Gasteiger partial charge on any atom is 0.134 e. The molecule has 1 aromatic carbocycles. The molecule has 1 aromatic heterocycles. The highest BCUT2D eigenvalue weighted by Crippen LogP contribution is 2.24. The first-order valence-electron chi connectivity index (χ1n) is 4.71. The summed E-state index contributed by atoms with van der Waals surface area (Å²) in [6, 6.07) is 13.5. The van der Waals surface area contributed by atoms with Crippen molar-refractivity contribution >= 4 is 22.0 Å². The van der Waals surface area contributed by atoms with Gasteiger partial charge >= 0.3 is 0 Å². The van der Waals surface area contributed by atoms with Gasteiger partial charge in [0, 0.05) is 16.1 Å². The number of hydrogen-bond donors (Lipinski definition) is 0. The van der Waals surface area contributed by atoms with E-state index in [4.69, 9.17) is 9.68 Å². The normalized spacial score (nSPS) is 10.5. The second-order valence-corrected chi connectivity index (χ2v) is 4.09. The van der Waals surface area contributed by atoms with E-state index in [1.54, 1.807) is 6.08 Å². The van der Waals surface area contributed by atoms with Crippen LogP contribution in [0.3, 0.4) is 0 Å². The van der Waals surface area contributed by atoms with Crippen molar-refractivity contribution < 1.29 is 4.42 Å². The molecule has 0 atom stereocenters. The van der Waals surface area contributed by atoms with E-state index in [0.717, 1.165) is 15.8 Å². The quantitative estimate of drug-likeness (QED) is 0.768. The van der Waals surface area contributed by atoms with Crippen LogP contribution in [0.15, 0.2) is 51.4 Å². The van der Waals surface area contributed by atoms with Gasteiger partial charge in [0.2, 0.25) is 0 Å². The van der Waals surface area contributed by atoms with Gasteiger partial charge in [-0.05, 0) is 30.3 Å². The Morgan fingerprint density at radius 3 is 2.56 bits per heavy atom. The molecule has 0 saturated carbocycles. The van der Waals surface area contributed by atoms with Gasteiger partial charge in [0.15, 0.2) is 0 Å². The standard InChI is InChI=1S/C13H8BrNO/c14-11-5-3-10(4-6-11)13-8-7-12(16-13)2-1-9-15/h1-8H/b2-1+. The Morgan fingerprint density at radius 1 is 1.12 bits per heavy atom. The summed E-state index contributed by atoms with van der Waals surface area (Å²) >= 11 is 3.38. The molecule has 2 nitrogen and oxygen atoms in total. The molecular formula is C13H8BrNO. The van der Waals surface area contributed by atoms with Crippen molar-refractivity contribution in [2.45, 2.75) is 0 Å². The smallest absolute Gasteiger partial charge is 0.134 e. The Bertz CT molecular complexity index is 546. The number of nitrogens with zero attached hydrogens (tertiary/aromatic N) is 1. The molecule has 0 aliphatic rings. The van der Waals surface area contributed by atoms with Crippen LogP contribution in [0.4, 0.5) is 0 Å². The van der Waals surface area contributed by atoms with E-state index in [2.05, 4.69) is 15.9 Å². The maximum atomic E-state index is 8.40. The van der Waals surface area contributed by atoms with Crippen LogP contribution in [0.2, 0.25) is 0 Å². The van der Waals surface area contributed by atoms with Gasteiger partial charge in [-0.2, -0.15) is 5.26 Å². The van der Waals surface area contributed by atoms with Crippen LogP contribution in [-0.2, 0) is 0 Å². The fourth-order valence-electron chi connectivity index (χ4n) is 1.33.